The minimum absolute atomic E-state index is 0.334. The zero-order chi connectivity index (χ0) is 12.5. The zero-order valence-corrected chi connectivity index (χ0v) is 10.8. The molecular formula is C12H20N6. The Labute approximate surface area is 107 Å². The predicted octanol–water partition coefficient (Wildman–Crippen LogP) is 1.04. The number of rotatable bonds is 4. The Morgan fingerprint density at radius 1 is 1.22 bits per heavy atom. The van der Waals surface area contributed by atoms with E-state index in [0.29, 0.717) is 12.0 Å². The zero-order valence-electron chi connectivity index (χ0n) is 10.8. The first-order chi connectivity index (χ1) is 8.78. The van der Waals surface area contributed by atoms with Crippen molar-refractivity contribution in [2.75, 3.05) is 35.2 Å². The van der Waals surface area contributed by atoms with Crippen LogP contribution in [0.4, 0.5) is 17.8 Å². The smallest absolute Gasteiger partial charge is 0.232 e. The van der Waals surface area contributed by atoms with E-state index in [1.165, 1.54) is 25.7 Å². The van der Waals surface area contributed by atoms with Gasteiger partial charge in [-0.2, -0.15) is 15.0 Å². The van der Waals surface area contributed by atoms with E-state index in [2.05, 4.69) is 31.7 Å². The molecule has 2 heterocycles. The van der Waals surface area contributed by atoms with Gasteiger partial charge in [-0.1, -0.05) is 0 Å². The van der Waals surface area contributed by atoms with E-state index in [-0.39, 0.29) is 0 Å². The van der Waals surface area contributed by atoms with Gasteiger partial charge >= 0.3 is 0 Å². The highest BCUT2D eigenvalue weighted by Gasteiger charge is 2.30. The van der Waals surface area contributed by atoms with Crippen LogP contribution in [0.3, 0.4) is 0 Å². The topological polar surface area (TPSA) is 71.2 Å². The maximum atomic E-state index is 5.82. The van der Waals surface area contributed by atoms with Crippen LogP contribution in [0.25, 0.3) is 0 Å². The lowest BCUT2D eigenvalue weighted by molar-refractivity contribution is 0.772. The molecule has 0 unspecified atom stereocenters. The predicted molar refractivity (Wildman–Crippen MR) is 71.7 cm³/mol. The molecule has 0 amide bonds. The summed E-state index contributed by atoms with van der Waals surface area (Å²) >= 11 is 0. The molecule has 0 aromatic carbocycles. The lowest BCUT2D eigenvalue weighted by Crippen LogP contribution is -2.29. The highest BCUT2D eigenvalue weighted by atomic mass is 15.4. The second-order valence-corrected chi connectivity index (χ2v) is 5.00. The summed E-state index contributed by atoms with van der Waals surface area (Å²) in [6.07, 6.45) is 4.89. The minimum atomic E-state index is 0.334. The van der Waals surface area contributed by atoms with E-state index in [1.54, 1.807) is 0 Å². The Balaban J connectivity index is 1.89. The SMILES string of the molecule is CCN(c1nc(N)nc(N2CCCC2)n1)C1CC1. The molecule has 6 heteroatoms. The summed E-state index contributed by atoms with van der Waals surface area (Å²) in [5, 5.41) is 0. The molecule has 1 aliphatic heterocycles. The summed E-state index contributed by atoms with van der Waals surface area (Å²) in [6.45, 7) is 5.11. The second-order valence-electron chi connectivity index (χ2n) is 5.00. The third-order valence-corrected chi connectivity index (χ3v) is 3.60. The fraction of sp³-hybridized carbons (Fsp3) is 0.750. The summed E-state index contributed by atoms with van der Waals surface area (Å²) in [5.74, 6) is 1.82. The standard InChI is InChI=1S/C12H20N6/c1-2-18(9-5-6-9)12-15-10(13)14-11(16-12)17-7-3-4-8-17/h9H,2-8H2,1H3,(H2,13,14,15,16). The lowest BCUT2D eigenvalue weighted by Gasteiger charge is -2.22. The Kier molecular flexibility index (Phi) is 2.93. The third-order valence-electron chi connectivity index (χ3n) is 3.60. The van der Waals surface area contributed by atoms with E-state index in [0.717, 1.165) is 31.5 Å². The minimum Gasteiger partial charge on any atom is -0.368 e. The third kappa shape index (κ3) is 2.19. The van der Waals surface area contributed by atoms with Crippen molar-refractivity contribution >= 4 is 17.8 Å². The van der Waals surface area contributed by atoms with Crippen LogP contribution in [-0.4, -0.2) is 40.6 Å². The van der Waals surface area contributed by atoms with Crippen LogP contribution in [-0.2, 0) is 0 Å². The van der Waals surface area contributed by atoms with Crippen LogP contribution in [0.15, 0.2) is 0 Å². The molecular weight excluding hydrogens is 228 g/mol. The Hall–Kier alpha value is -1.59. The van der Waals surface area contributed by atoms with Crippen LogP contribution >= 0.6 is 0 Å². The van der Waals surface area contributed by atoms with Crippen LogP contribution in [0.1, 0.15) is 32.6 Å². The number of hydrogen-bond donors (Lipinski definition) is 1. The molecule has 2 aliphatic rings. The highest BCUT2D eigenvalue weighted by Crippen LogP contribution is 2.30. The summed E-state index contributed by atoms with van der Waals surface area (Å²) in [7, 11) is 0. The normalized spacial score (nSPS) is 19.3. The number of nitrogens with zero attached hydrogens (tertiary/aromatic N) is 5. The van der Waals surface area contributed by atoms with E-state index in [1.807, 2.05) is 0 Å². The molecule has 2 fully saturated rings. The van der Waals surface area contributed by atoms with Gasteiger partial charge in [-0.15, -0.1) is 0 Å². The van der Waals surface area contributed by atoms with Crippen LogP contribution in [0, 0.1) is 0 Å². The number of nitrogens with two attached hydrogens (primary N) is 1. The van der Waals surface area contributed by atoms with Crippen LogP contribution < -0.4 is 15.5 Å². The van der Waals surface area contributed by atoms with Gasteiger partial charge in [-0.05, 0) is 32.6 Å². The van der Waals surface area contributed by atoms with Gasteiger partial charge < -0.3 is 15.5 Å². The number of hydrogen-bond acceptors (Lipinski definition) is 6. The molecule has 1 aliphatic carbocycles. The van der Waals surface area contributed by atoms with Crippen LogP contribution in [0.2, 0.25) is 0 Å². The molecule has 1 aromatic heterocycles. The van der Waals surface area contributed by atoms with E-state index in [9.17, 15) is 0 Å². The van der Waals surface area contributed by atoms with Gasteiger partial charge in [0.1, 0.15) is 0 Å². The van der Waals surface area contributed by atoms with Crippen molar-refractivity contribution in [3.05, 3.63) is 0 Å². The van der Waals surface area contributed by atoms with Crippen molar-refractivity contribution in [1.29, 1.82) is 0 Å². The molecule has 3 rings (SSSR count). The number of aromatic nitrogens is 3. The summed E-state index contributed by atoms with van der Waals surface area (Å²) < 4.78 is 0. The van der Waals surface area contributed by atoms with E-state index in [4.69, 9.17) is 5.73 Å². The number of nitrogen functional groups attached to an aromatic ring is 1. The van der Waals surface area contributed by atoms with Crippen molar-refractivity contribution in [2.45, 2.75) is 38.6 Å². The molecule has 0 radical (unpaired) electrons. The van der Waals surface area contributed by atoms with Crippen LogP contribution in [0.5, 0.6) is 0 Å². The largest absolute Gasteiger partial charge is 0.368 e. The molecule has 0 bridgehead atoms. The Morgan fingerprint density at radius 2 is 1.94 bits per heavy atom. The number of anilines is 3. The Morgan fingerprint density at radius 3 is 2.56 bits per heavy atom. The molecule has 0 spiro atoms. The maximum Gasteiger partial charge on any atom is 0.232 e. The molecule has 1 saturated heterocycles. The first-order valence-corrected chi connectivity index (χ1v) is 6.81. The van der Waals surface area contributed by atoms with E-state index >= 15 is 0 Å². The van der Waals surface area contributed by atoms with Crippen molar-refractivity contribution in [1.82, 2.24) is 15.0 Å². The van der Waals surface area contributed by atoms with E-state index < -0.39 is 0 Å². The van der Waals surface area contributed by atoms with Crippen molar-refractivity contribution in [2.24, 2.45) is 0 Å². The fourth-order valence-corrected chi connectivity index (χ4v) is 2.51. The molecule has 2 N–H and O–H groups in total. The average molecular weight is 248 g/mol. The quantitative estimate of drug-likeness (QED) is 0.858. The molecule has 1 aromatic rings. The molecule has 1 saturated carbocycles. The second kappa shape index (κ2) is 4.59. The van der Waals surface area contributed by atoms with Crippen molar-refractivity contribution < 1.29 is 0 Å². The average Bonchev–Trinajstić information content (AvgIpc) is 3.04. The summed E-state index contributed by atoms with van der Waals surface area (Å²) in [5.41, 5.74) is 5.82. The van der Waals surface area contributed by atoms with Gasteiger partial charge in [0.05, 0.1) is 0 Å². The van der Waals surface area contributed by atoms with Crippen molar-refractivity contribution in [3.63, 3.8) is 0 Å². The molecule has 6 nitrogen and oxygen atoms in total. The summed E-state index contributed by atoms with van der Waals surface area (Å²) in [4.78, 5) is 17.6. The van der Waals surface area contributed by atoms with Gasteiger partial charge in [0.25, 0.3) is 0 Å². The first-order valence-electron chi connectivity index (χ1n) is 6.81. The maximum absolute atomic E-state index is 5.82. The van der Waals surface area contributed by atoms with Gasteiger partial charge in [0, 0.05) is 25.7 Å². The van der Waals surface area contributed by atoms with Gasteiger partial charge in [0.2, 0.25) is 17.8 Å². The highest BCUT2D eigenvalue weighted by molar-refractivity contribution is 5.45. The molecule has 18 heavy (non-hydrogen) atoms. The van der Waals surface area contributed by atoms with Gasteiger partial charge in [-0.3, -0.25) is 0 Å². The van der Waals surface area contributed by atoms with Gasteiger partial charge in [-0.25, -0.2) is 0 Å². The lowest BCUT2D eigenvalue weighted by atomic mass is 10.4. The van der Waals surface area contributed by atoms with Crippen molar-refractivity contribution in [3.8, 4) is 0 Å². The first kappa shape index (κ1) is 11.5. The molecule has 0 atom stereocenters. The Bertz CT molecular complexity index is 425. The summed E-state index contributed by atoms with van der Waals surface area (Å²) in [6, 6.07) is 0.600. The monoisotopic (exact) mass is 248 g/mol. The van der Waals surface area contributed by atoms with Gasteiger partial charge in [0.15, 0.2) is 0 Å². The molecule has 98 valence electrons. The fourth-order valence-electron chi connectivity index (χ4n) is 2.51.